The minimum atomic E-state index is -0.627. The van der Waals surface area contributed by atoms with E-state index < -0.39 is 12.1 Å². The molecule has 1 saturated heterocycles. The van der Waals surface area contributed by atoms with Crippen LogP contribution in [-0.2, 0) is 17.8 Å². The van der Waals surface area contributed by atoms with Crippen molar-refractivity contribution in [2.45, 2.75) is 19.0 Å². The van der Waals surface area contributed by atoms with Gasteiger partial charge in [0.1, 0.15) is 12.6 Å². The number of aromatic nitrogens is 3. The minimum Gasteiger partial charge on any atom is -0.419 e. The predicted molar refractivity (Wildman–Crippen MR) is 105 cm³/mol. The zero-order valence-electron chi connectivity index (χ0n) is 15.3. The largest absolute Gasteiger partial charge is 0.419 e. The van der Waals surface area contributed by atoms with Crippen molar-refractivity contribution in [1.82, 2.24) is 25.4 Å². The normalized spacial score (nSPS) is 16.6. The van der Waals surface area contributed by atoms with Crippen molar-refractivity contribution >= 4 is 22.8 Å². The van der Waals surface area contributed by atoms with Crippen molar-refractivity contribution in [3.05, 3.63) is 72.2 Å². The number of carbonyl (C=O) groups is 2. The molecular weight excluding hydrogens is 370 g/mol. The Hall–Kier alpha value is -3.94. The maximum atomic E-state index is 12.8. The number of hydrogen-bond donors (Lipinski definition) is 2. The summed E-state index contributed by atoms with van der Waals surface area (Å²) < 4.78 is 5.63. The average Bonchev–Trinajstić information content (AvgIpc) is 3.45. The van der Waals surface area contributed by atoms with E-state index in [0.717, 1.165) is 26.9 Å². The average molecular weight is 387 g/mol. The topological polar surface area (TPSA) is 104 Å². The van der Waals surface area contributed by atoms with Gasteiger partial charge in [0.25, 0.3) is 5.91 Å². The lowest BCUT2D eigenvalue weighted by atomic mass is 10.1. The highest BCUT2D eigenvalue weighted by Crippen LogP contribution is 2.22. The highest BCUT2D eigenvalue weighted by Gasteiger charge is 2.39. The van der Waals surface area contributed by atoms with E-state index in [4.69, 9.17) is 4.42 Å². The maximum absolute atomic E-state index is 12.8. The second kappa shape index (κ2) is 6.90. The molecule has 0 bridgehead atoms. The lowest BCUT2D eigenvalue weighted by Gasteiger charge is -2.10. The van der Waals surface area contributed by atoms with E-state index in [1.165, 1.54) is 0 Å². The van der Waals surface area contributed by atoms with Crippen LogP contribution in [0.25, 0.3) is 22.4 Å². The summed E-state index contributed by atoms with van der Waals surface area (Å²) >= 11 is 0. The van der Waals surface area contributed by atoms with E-state index in [-0.39, 0.29) is 18.3 Å². The van der Waals surface area contributed by atoms with E-state index in [1.54, 1.807) is 0 Å². The van der Waals surface area contributed by atoms with Crippen LogP contribution in [0.3, 0.4) is 0 Å². The molecule has 1 aliphatic heterocycles. The fraction of sp³-hybridized carbons (Fsp3) is 0.143. The second-order valence-corrected chi connectivity index (χ2v) is 6.86. The van der Waals surface area contributed by atoms with Crippen LogP contribution in [0.4, 0.5) is 4.79 Å². The molecule has 3 amide bonds. The number of nitrogens with one attached hydrogen (secondary N) is 2. The van der Waals surface area contributed by atoms with Crippen LogP contribution < -0.4 is 5.32 Å². The number of fused-ring (bicyclic) bond motifs is 1. The first-order chi connectivity index (χ1) is 14.2. The van der Waals surface area contributed by atoms with Gasteiger partial charge in [0.05, 0.1) is 0 Å². The summed E-state index contributed by atoms with van der Waals surface area (Å²) in [5.74, 6) is 0.253. The highest BCUT2D eigenvalue weighted by atomic mass is 16.4. The molecule has 0 spiro atoms. The molecule has 144 valence electrons. The molecule has 4 aromatic rings. The Morgan fingerprint density at radius 2 is 1.79 bits per heavy atom. The minimum absolute atomic E-state index is 0.0606. The molecule has 0 aliphatic carbocycles. The smallest absolute Gasteiger partial charge is 0.325 e. The second-order valence-electron chi connectivity index (χ2n) is 6.86. The van der Waals surface area contributed by atoms with E-state index in [1.807, 2.05) is 60.8 Å². The van der Waals surface area contributed by atoms with Gasteiger partial charge in [-0.3, -0.25) is 9.69 Å². The van der Waals surface area contributed by atoms with Crippen molar-refractivity contribution in [2.75, 3.05) is 0 Å². The molecule has 2 aromatic carbocycles. The first kappa shape index (κ1) is 17.2. The van der Waals surface area contributed by atoms with Crippen molar-refractivity contribution in [2.24, 2.45) is 0 Å². The third-order valence-corrected chi connectivity index (χ3v) is 4.99. The molecule has 1 atom stereocenters. The van der Waals surface area contributed by atoms with Crippen LogP contribution in [0, 0.1) is 0 Å². The SMILES string of the molecule is O=C1NC(Cc2c[nH]c3ccccc23)C(=O)N1Cc1nnc(-c2ccccc2)o1. The number of rotatable bonds is 5. The van der Waals surface area contributed by atoms with Crippen LogP contribution in [0.1, 0.15) is 11.5 Å². The molecule has 2 N–H and O–H groups in total. The van der Waals surface area contributed by atoms with Gasteiger partial charge in [0.15, 0.2) is 0 Å². The number of para-hydroxylation sites is 1. The summed E-state index contributed by atoms with van der Waals surface area (Å²) in [6, 6.07) is 16.1. The molecule has 8 nitrogen and oxygen atoms in total. The van der Waals surface area contributed by atoms with Gasteiger partial charge in [-0.05, 0) is 23.8 Å². The first-order valence-corrected chi connectivity index (χ1v) is 9.24. The maximum Gasteiger partial charge on any atom is 0.325 e. The van der Waals surface area contributed by atoms with Gasteiger partial charge in [-0.2, -0.15) is 0 Å². The zero-order chi connectivity index (χ0) is 19.8. The van der Waals surface area contributed by atoms with Crippen molar-refractivity contribution < 1.29 is 14.0 Å². The molecule has 1 fully saturated rings. The number of nitrogens with zero attached hydrogens (tertiary/aromatic N) is 3. The summed E-state index contributed by atoms with van der Waals surface area (Å²) in [7, 11) is 0. The van der Waals surface area contributed by atoms with Gasteiger partial charge in [0, 0.05) is 29.1 Å². The van der Waals surface area contributed by atoms with Crippen LogP contribution >= 0.6 is 0 Å². The predicted octanol–water partition coefficient (Wildman–Crippen LogP) is 2.88. The molecule has 0 radical (unpaired) electrons. The molecule has 2 aromatic heterocycles. The molecule has 3 heterocycles. The summed E-state index contributed by atoms with van der Waals surface area (Å²) in [4.78, 5) is 29.5. The Bertz CT molecular complexity index is 1200. The lowest BCUT2D eigenvalue weighted by molar-refractivity contribution is -0.128. The number of aromatic amines is 1. The monoisotopic (exact) mass is 387 g/mol. The molecule has 8 heteroatoms. The Kier molecular flexibility index (Phi) is 4.09. The van der Waals surface area contributed by atoms with Crippen molar-refractivity contribution in [3.8, 4) is 11.5 Å². The molecule has 0 saturated carbocycles. The Balaban J connectivity index is 1.31. The molecule has 1 aliphatic rings. The van der Waals surface area contributed by atoms with Gasteiger partial charge < -0.3 is 14.7 Å². The van der Waals surface area contributed by atoms with Gasteiger partial charge in [-0.25, -0.2) is 4.79 Å². The van der Waals surface area contributed by atoms with Crippen molar-refractivity contribution in [1.29, 1.82) is 0 Å². The zero-order valence-corrected chi connectivity index (χ0v) is 15.3. The lowest BCUT2D eigenvalue weighted by Crippen LogP contribution is -2.32. The number of hydrogen-bond acceptors (Lipinski definition) is 5. The summed E-state index contributed by atoms with van der Waals surface area (Å²) in [5, 5.41) is 11.8. The Morgan fingerprint density at radius 3 is 2.66 bits per heavy atom. The van der Waals surface area contributed by atoms with Crippen LogP contribution in [0.15, 0.2) is 65.2 Å². The Morgan fingerprint density at radius 1 is 1.00 bits per heavy atom. The van der Waals surface area contributed by atoms with Gasteiger partial charge >= 0.3 is 6.03 Å². The van der Waals surface area contributed by atoms with E-state index >= 15 is 0 Å². The third-order valence-electron chi connectivity index (χ3n) is 4.99. The van der Waals surface area contributed by atoms with Crippen LogP contribution in [0.5, 0.6) is 0 Å². The number of amides is 3. The van der Waals surface area contributed by atoms with Gasteiger partial charge in [0.2, 0.25) is 11.8 Å². The van der Waals surface area contributed by atoms with Gasteiger partial charge in [-0.15, -0.1) is 10.2 Å². The highest BCUT2D eigenvalue weighted by molar-refractivity contribution is 6.04. The summed E-state index contributed by atoms with van der Waals surface area (Å²) in [6.45, 7) is -0.0606. The number of imide groups is 1. The fourth-order valence-corrected chi connectivity index (χ4v) is 3.54. The fourth-order valence-electron chi connectivity index (χ4n) is 3.54. The summed E-state index contributed by atoms with van der Waals surface area (Å²) in [6.07, 6.45) is 2.28. The van der Waals surface area contributed by atoms with E-state index in [2.05, 4.69) is 20.5 Å². The van der Waals surface area contributed by atoms with Gasteiger partial charge in [-0.1, -0.05) is 36.4 Å². The molecule has 5 rings (SSSR count). The van der Waals surface area contributed by atoms with E-state index in [9.17, 15) is 9.59 Å². The summed E-state index contributed by atoms with van der Waals surface area (Å²) in [5.41, 5.74) is 2.75. The quantitative estimate of drug-likeness (QED) is 0.513. The van der Waals surface area contributed by atoms with Crippen molar-refractivity contribution in [3.63, 3.8) is 0 Å². The van der Waals surface area contributed by atoms with Crippen LogP contribution in [0.2, 0.25) is 0 Å². The Labute approximate surface area is 165 Å². The molecule has 29 heavy (non-hydrogen) atoms. The number of benzene rings is 2. The molecule has 1 unspecified atom stereocenters. The first-order valence-electron chi connectivity index (χ1n) is 9.24. The number of carbonyl (C=O) groups excluding carboxylic acids is 2. The van der Waals surface area contributed by atoms with Crippen LogP contribution in [-0.4, -0.2) is 38.1 Å². The number of H-pyrrole nitrogens is 1. The molecular formula is C21H17N5O3. The standard InChI is InChI=1S/C21H17N5O3/c27-20-17(10-14-11-22-16-9-5-4-8-15(14)16)23-21(28)26(20)12-18-24-25-19(29-18)13-6-2-1-3-7-13/h1-9,11,17,22H,10,12H2,(H,23,28). The number of urea groups is 1. The third kappa shape index (κ3) is 3.14. The van der Waals surface area contributed by atoms with E-state index in [0.29, 0.717) is 12.3 Å².